The summed E-state index contributed by atoms with van der Waals surface area (Å²) in [4.78, 5) is 48.3. The number of ether oxygens (including phenoxy) is 2. The number of alkyl halides is 1. The number of anilines is 1. The van der Waals surface area contributed by atoms with E-state index in [4.69, 9.17) is 21.1 Å². The highest BCUT2D eigenvalue weighted by atomic mass is 35.5. The van der Waals surface area contributed by atoms with Gasteiger partial charge in [-0.15, -0.1) is 23.4 Å². The van der Waals surface area contributed by atoms with Gasteiger partial charge in [0.05, 0.1) is 38.8 Å². The standard InChI is InChI=1S/C33H26ClN3O8S/c1-44-33(39)21-6-2-4-8-26(21)45-32(38)19-12-15-24-22(16-19)29-23(31(35-24)18-10-13-20(14-11-18)36(40)41)17-28(30(29)34)46-27-9-5-3-7-25(27)37(42)43/h2-16,23,28-31,35H,17H2,1H3/t23-,28+,29-,30+,31-/m0/s1. The first-order valence-corrected chi connectivity index (χ1v) is 15.6. The molecular formula is C33H26ClN3O8S. The Morgan fingerprint density at radius 3 is 2.35 bits per heavy atom. The monoisotopic (exact) mass is 659 g/mol. The highest BCUT2D eigenvalue weighted by molar-refractivity contribution is 8.00. The molecule has 0 unspecified atom stereocenters. The highest BCUT2D eigenvalue weighted by Gasteiger charge is 2.50. The second-order valence-corrected chi connectivity index (χ2v) is 12.7. The Morgan fingerprint density at radius 1 is 0.913 bits per heavy atom. The van der Waals surface area contributed by atoms with Crippen molar-refractivity contribution in [2.75, 3.05) is 12.4 Å². The van der Waals surface area contributed by atoms with Crippen LogP contribution in [0.2, 0.25) is 0 Å². The molecule has 234 valence electrons. The van der Waals surface area contributed by atoms with E-state index in [0.717, 1.165) is 16.8 Å². The van der Waals surface area contributed by atoms with Gasteiger partial charge in [-0.1, -0.05) is 36.4 Å². The number of hydrogen-bond donors (Lipinski definition) is 1. The second-order valence-electron chi connectivity index (χ2n) is 10.9. The zero-order chi connectivity index (χ0) is 32.5. The van der Waals surface area contributed by atoms with Crippen LogP contribution in [0.3, 0.4) is 0 Å². The van der Waals surface area contributed by atoms with Crippen molar-refractivity contribution in [3.63, 3.8) is 0 Å². The number of nitro benzene ring substituents is 2. The molecule has 0 bridgehead atoms. The smallest absolute Gasteiger partial charge is 0.343 e. The molecular weight excluding hydrogens is 634 g/mol. The van der Waals surface area contributed by atoms with Gasteiger partial charge < -0.3 is 14.8 Å². The summed E-state index contributed by atoms with van der Waals surface area (Å²) in [7, 11) is 1.24. The molecule has 2 aliphatic rings. The summed E-state index contributed by atoms with van der Waals surface area (Å²) in [6.07, 6.45) is 0.574. The maximum Gasteiger partial charge on any atom is 0.343 e. The van der Waals surface area contributed by atoms with Crippen molar-refractivity contribution >= 4 is 52.4 Å². The molecule has 1 saturated carbocycles. The molecule has 13 heteroatoms. The van der Waals surface area contributed by atoms with Crippen LogP contribution in [-0.2, 0) is 4.74 Å². The van der Waals surface area contributed by atoms with Crippen LogP contribution in [0.15, 0.2) is 95.9 Å². The van der Waals surface area contributed by atoms with Crippen LogP contribution in [-0.4, -0.2) is 39.5 Å². The van der Waals surface area contributed by atoms with Gasteiger partial charge in [-0.2, -0.15) is 0 Å². The molecule has 0 saturated heterocycles. The minimum atomic E-state index is -0.678. The normalized spacial score (nSPS) is 21.3. The van der Waals surface area contributed by atoms with Gasteiger partial charge in [-0.25, -0.2) is 9.59 Å². The second kappa shape index (κ2) is 12.8. The van der Waals surface area contributed by atoms with Gasteiger partial charge in [-0.05, 0) is 59.9 Å². The number of rotatable bonds is 8. The fourth-order valence-corrected chi connectivity index (χ4v) is 8.18. The van der Waals surface area contributed by atoms with E-state index in [2.05, 4.69) is 5.32 Å². The van der Waals surface area contributed by atoms with Gasteiger partial charge >= 0.3 is 11.9 Å². The number of hydrogen-bond acceptors (Lipinski definition) is 10. The minimum absolute atomic E-state index is 0.00560. The first-order valence-electron chi connectivity index (χ1n) is 14.2. The van der Waals surface area contributed by atoms with Crippen LogP contribution in [0.1, 0.15) is 50.2 Å². The number of nitro groups is 2. The number of methoxy groups -OCH3 is 1. The van der Waals surface area contributed by atoms with Gasteiger partial charge in [0.15, 0.2) is 0 Å². The fourth-order valence-electron chi connectivity index (χ4n) is 6.24. The number of para-hydroxylation sites is 2. The summed E-state index contributed by atoms with van der Waals surface area (Å²) in [6.45, 7) is 0. The predicted molar refractivity (Wildman–Crippen MR) is 172 cm³/mol. The van der Waals surface area contributed by atoms with Crippen molar-refractivity contribution in [3.05, 3.63) is 133 Å². The number of esters is 2. The SMILES string of the molecule is COC(=O)c1ccccc1OC(=O)c1ccc2c(c1)[C@@H]1[C@H](Cl)[C@H](Sc3ccccc3[N+](=O)[O-])C[C@@H]1[C@H](c1ccc([N+](=O)[O-])cc1)N2. The van der Waals surface area contributed by atoms with E-state index in [1.807, 2.05) is 0 Å². The number of carbonyl (C=O) groups is 2. The molecule has 1 heterocycles. The van der Waals surface area contributed by atoms with Crippen molar-refractivity contribution in [1.29, 1.82) is 0 Å². The fraction of sp³-hybridized carbons (Fsp3) is 0.212. The molecule has 0 amide bonds. The predicted octanol–water partition coefficient (Wildman–Crippen LogP) is 7.55. The van der Waals surface area contributed by atoms with Gasteiger partial charge in [0.25, 0.3) is 11.4 Å². The zero-order valence-electron chi connectivity index (χ0n) is 24.2. The van der Waals surface area contributed by atoms with E-state index >= 15 is 0 Å². The van der Waals surface area contributed by atoms with E-state index in [1.54, 1.807) is 60.7 Å². The lowest BCUT2D eigenvalue weighted by molar-refractivity contribution is -0.387. The Morgan fingerprint density at radius 2 is 1.63 bits per heavy atom. The number of non-ortho nitro benzene ring substituents is 1. The largest absolute Gasteiger partial charge is 0.465 e. The Bertz CT molecular complexity index is 1850. The highest BCUT2D eigenvalue weighted by Crippen LogP contribution is 2.58. The topological polar surface area (TPSA) is 151 Å². The van der Waals surface area contributed by atoms with Crippen LogP contribution in [0, 0.1) is 26.1 Å². The van der Waals surface area contributed by atoms with E-state index in [9.17, 15) is 29.8 Å². The third-order valence-corrected chi connectivity index (χ3v) is 10.5. The number of halogens is 1. The van der Waals surface area contributed by atoms with Crippen LogP contribution >= 0.6 is 23.4 Å². The molecule has 46 heavy (non-hydrogen) atoms. The number of nitrogens with zero attached hydrogens (tertiary/aromatic N) is 2. The minimum Gasteiger partial charge on any atom is -0.465 e. The molecule has 0 radical (unpaired) electrons. The molecule has 5 atom stereocenters. The van der Waals surface area contributed by atoms with Crippen molar-refractivity contribution in [3.8, 4) is 5.75 Å². The Balaban J connectivity index is 1.36. The van der Waals surface area contributed by atoms with Gasteiger partial charge in [-0.3, -0.25) is 20.2 Å². The molecule has 1 aliphatic carbocycles. The van der Waals surface area contributed by atoms with Crippen LogP contribution in [0.5, 0.6) is 5.75 Å². The Hall–Kier alpha value is -4.94. The molecule has 4 aromatic carbocycles. The summed E-state index contributed by atoms with van der Waals surface area (Å²) in [5, 5.41) is 25.9. The average molecular weight is 660 g/mol. The van der Waals surface area contributed by atoms with Crippen molar-refractivity contribution in [1.82, 2.24) is 0 Å². The van der Waals surface area contributed by atoms with Crippen molar-refractivity contribution in [2.24, 2.45) is 5.92 Å². The third kappa shape index (κ3) is 5.88. The van der Waals surface area contributed by atoms with Gasteiger partial charge in [0.2, 0.25) is 0 Å². The number of carbonyl (C=O) groups excluding carboxylic acids is 2. The summed E-state index contributed by atoms with van der Waals surface area (Å²) < 4.78 is 10.4. The molecule has 11 nitrogen and oxygen atoms in total. The zero-order valence-corrected chi connectivity index (χ0v) is 25.8. The van der Waals surface area contributed by atoms with Crippen LogP contribution in [0.25, 0.3) is 0 Å². The summed E-state index contributed by atoms with van der Waals surface area (Å²) >= 11 is 8.59. The quantitative estimate of drug-likeness (QED) is 0.0660. The van der Waals surface area contributed by atoms with Crippen LogP contribution < -0.4 is 10.1 Å². The van der Waals surface area contributed by atoms with Crippen LogP contribution in [0.4, 0.5) is 17.1 Å². The molecule has 4 aromatic rings. The molecule has 0 spiro atoms. The van der Waals surface area contributed by atoms with Gasteiger partial charge in [0.1, 0.15) is 11.3 Å². The van der Waals surface area contributed by atoms with Crippen molar-refractivity contribution in [2.45, 2.75) is 33.9 Å². The number of nitrogens with one attached hydrogen (secondary N) is 1. The summed E-state index contributed by atoms with van der Waals surface area (Å²) in [6, 6.07) is 24.0. The lowest BCUT2D eigenvalue weighted by atomic mass is 9.77. The Labute approximate surface area is 272 Å². The molecule has 0 aromatic heterocycles. The molecule has 1 N–H and O–H groups in total. The number of fused-ring (bicyclic) bond motifs is 3. The Kier molecular flexibility index (Phi) is 8.65. The molecule has 6 rings (SSSR count). The summed E-state index contributed by atoms with van der Waals surface area (Å²) in [5.74, 6) is -1.67. The third-order valence-electron chi connectivity index (χ3n) is 8.35. The van der Waals surface area contributed by atoms with E-state index < -0.39 is 27.2 Å². The molecule has 1 aliphatic heterocycles. The first kappa shape index (κ1) is 31.1. The molecule has 1 fully saturated rings. The van der Waals surface area contributed by atoms with E-state index in [0.29, 0.717) is 11.3 Å². The van der Waals surface area contributed by atoms with Crippen molar-refractivity contribution < 1.29 is 28.9 Å². The average Bonchev–Trinajstić information content (AvgIpc) is 3.39. The van der Waals surface area contributed by atoms with Gasteiger partial charge in [0, 0.05) is 35.1 Å². The lowest BCUT2D eigenvalue weighted by Crippen LogP contribution is -2.31. The maximum atomic E-state index is 13.4. The maximum absolute atomic E-state index is 13.4. The van der Waals surface area contributed by atoms with E-state index in [1.165, 1.54) is 49.2 Å². The number of benzene rings is 4. The van der Waals surface area contributed by atoms with E-state index in [-0.39, 0.29) is 51.4 Å². The number of thioether (sulfide) groups is 1. The first-order chi connectivity index (χ1) is 22.2. The lowest BCUT2D eigenvalue weighted by Gasteiger charge is -2.38. The summed E-state index contributed by atoms with van der Waals surface area (Å²) in [5.41, 5.74) is 2.66.